The molecule has 6 aromatic rings. The summed E-state index contributed by atoms with van der Waals surface area (Å²) in [6, 6.07) is 52.3. The maximum absolute atomic E-state index is 5.36. The molecule has 0 atom stereocenters. The maximum atomic E-state index is 5.36. The first-order valence-corrected chi connectivity index (χ1v) is 15.9. The molecule has 0 saturated carbocycles. The Morgan fingerprint density at radius 3 is 1.65 bits per heavy atom. The van der Waals surface area contributed by atoms with Gasteiger partial charge in [-0.05, 0) is 54.9 Å². The summed E-state index contributed by atoms with van der Waals surface area (Å²) in [6.07, 6.45) is 7.07. The molecule has 0 N–H and O–H groups in total. The van der Waals surface area contributed by atoms with Crippen LogP contribution in [0.1, 0.15) is 5.69 Å². The third-order valence-electron chi connectivity index (χ3n) is 8.08. The number of hydrogen-bond acceptors (Lipinski definition) is 5. The second kappa shape index (κ2) is 13.6. The summed E-state index contributed by atoms with van der Waals surface area (Å²) in [5.74, 6) is 0.678. The zero-order valence-electron chi connectivity index (χ0n) is 25.2. The summed E-state index contributed by atoms with van der Waals surface area (Å²) in [4.78, 5) is 14.9. The Morgan fingerprint density at radius 2 is 1.11 bits per heavy atom. The predicted octanol–water partition coefficient (Wildman–Crippen LogP) is 10.2. The van der Waals surface area contributed by atoms with Crippen LogP contribution in [-0.4, -0.2) is 22.3 Å². The van der Waals surface area contributed by atoms with Gasteiger partial charge in [-0.15, -0.1) is 0 Å². The molecule has 6 heteroatoms. The average Bonchev–Trinajstić information content (AvgIpc) is 3.46. The fourth-order valence-electron chi connectivity index (χ4n) is 6.00. The van der Waals surface area contributed by atoms with Gasteiger partial charge in [0.15, 0.2) is 5.82 Å². The maximum Gasteiger partial charge on any atom is 0.388 e. The lowest BCUT2D eigenvalue weighted by Crippen LogP contribution is -2.43. The highest BCUT2D eigenvalue weighted by Crippen LogP contribution is 2.47. The number of para-hydroxylation sites is 4. The molecule has 1 aliphatic heterocycles. The van der Waals surface area contributed by atoms with Crippen LogP contribution < -0.4 is 9.62 Å². The number of thiocarbonyl (C=S) groups is 1. The Hall–Kier alpha value is -5.59. The largest absolute Gasteiger partial charge is 0.388 e. The molecule has 1 aliphatic rings. The highest BCUT2D eigenvalue weighted by atomic mass is 32.1. The van der Waals surface area contributed by atoms with E-state index in [4.69, 9.17) is 22.2 Å². The lowest BCUT2D eigenvalue weighted by Gasteiger charge is -2.29. The van der Waals surface area contributed by atoms with E-state index >= 15 is 0 Å². The molecule has 2 heterocycles. The molecule has 0 spiro atoms. The summed E-state index contributed by atoms with van der Waals surface area (Å²) in [7, 11) is 0. The van der Waals surface area contributed by atoms with E-state index in [1.165, 1.54) is 11.4 Å². The van der Waals surface area contributed by atoms with Gasteiger partial charge in [0.2, 0.25) is 0 Å². The van der Waals surface area contributed by atoms with Crippen LogP contribution >= 0.6 is 12.2 Å². The lowest BCUT2D eigenvalue weighted by atomic mass is 9.68. The molecule has 5 aromatic carbocycles. The van der Waals surface area contributed by atoms with Crippen LogP contribution in [0.2, 0.25) is 6.32 Å². The van der Waals surface area contributed by atoms with Gasteiger partial charge < -0.3 is 9.62 Å². The van der Waals surface area contributed by atoms with Crippen molar-refractivity contribution in [3.63, 3.8) is 0 Å². The van der Waals surface area contributed by atoms with Crippen molar-refractivity contribution in [1.29, 1.82) is 0 Å². The first-order valence-electron chi connectivity index (χ1n) is 15.4. The number of allylic oxidation sites excluding steroid dienone is 4. The second-order valence-corrected chi connectivity index (χ2v) is 11.2. The number of fused-ring (bicyclic) bond motifs is 1. The SMILES string of the molecule is S=C/C=C(\C=C/CB1N(c2ccccc2)c2ccccc2N1c1ccccc1)c1cc(-c2ccccc2)nc(-c2ccccc2)n1. The number of anilines is 4. The van der Waals surface area contributed by atoms with E-state index in [0.29, 0.717) is 5.82 Å². The fraction of sp³-hybridized carbons (Fsp3) is 0.0250. The van der Waals surface area contributed by atoms with Gasteiger partial charge in [-0.25, -0.2) is 9.97 Å². The topological polar surface area (TPSA) is 32.3 Å². The van der Waals surface area contributed by atoms with Crippen LogP contribution in [0.25, 0.3) is 28.2 Å². The van der Waals surface area contributed by atoms with E-state index in [9.17, 15) is 0 Å². The van der Waals surface area contributed by atoms with Gasteiger partial charge in [-0.3, -0.25) is 0 Å². The number of nitrogens with zero attached hydrogens (tertiary/aromatic N) is 4. The Balaban J connectivity index is 1.28. The van der Waals surface area contributed by atoms with Gasteiger partial charge in [0.1, 0.15) is 0 Å². The fourth-order valence-corrected chi connectivity index (χ4v) is 6.15. The molecule has 1 aromatic heterocycles. The highest BCUT2D eigenvalue weighted by molar-refractivity contribution is 7.79. The van der Waals surface area contributed by atoms with Crippen LogP contribution in [-0.2, 0) is 0 Å². The average molecular weight is 611 g/mol. The third-order valence-corrected chi connectivity index (χ3v) is 8.22. The molecule has 0 aliphatic carbocycles. The van der Waals surface area contributed by atoms with Crippen LogP contribution in [0, 0.1) is 0 Å². The monoisotopic (exact) mass is 610 g/mol. The zero-order valence-corrected chi connectivity index (χ0v) is 26.0. The quantitative estimate of drug-likeness (QED) is 0.0704. The Morgan fingerprint density at radius 1 is 0.609 bits per heavy atom. The second-order valence-electron chi connectivity index (χ2n) is 11.0. The molecule has 46 heavy (non-hydrogen) atoms. The van der Waals surface area contributed by atoms with Gasteiger partial charge in [0.05, 0.1) is 22.8 Å². The first-order chi connectivity index (χ1) is 22.8. The lowest BCUT2D eigenvalue weighted by molar-refractivity contribution is 1.16. The molecule has 0 amide bonds. The standard InChI is InChI=1S/C40H31BN4S/c46-29-27-32(37-30-36(31-16-5-1-6-17-31)42-40(43-37)33-18-7-2-8-19-33)20-15-28-41-44(34-21-9-3-10-22-34)38-25-13-14-26-39(38)45(41)35-23-11-4-12-24-35/h1-27,29-30H,28H2/b20-15-,32-27+. The van der Waals surface area contributed by atoms with Crippen LogP contribution in [0.5, 0.6) is 0 Å². The molecule has 0 saturated heterocycles. The Kier molecular flexibility index (Phi) is 8.61. The zero-order chi connectivity index (χ0) is 31.1. The molecular weight excluding hydrogens is 579 g/mol. The molecule has 0 radical (unpaired) electrons. The molecule has 0 fully saturated rings. The molecular formula is C40H31BN4S. The summed E-state index contributed by atoms with van der Waals surface area (Å²) in [6.45, 7) is 0.0114. The van der Waals surface area contributed by atoms with Crippen LogP contribution in [0.3, 0.4) is 0 Å². The summed E-state index contributed by atoms with van der Waals surface area (Å²) in [5.41, 5.74) is 9.28. The summed E-state index contributed by atoms with van der Waals surface area (Å²) >= 11 is 5.36. The van der Waals surface area contributed by atoms with Crippen molar-refractivity contribution in [2.24, 2.45) is 0 Å². The van der Waals surface area contributed by atoms with Crippen molar-refractivity contribution in [3.8, 4) is 22.6 Å². The minimum atomic E-state index is 0.0114. The molecule has 4 nitrogen and oxygen atoms in total. The molecule has 7 rings (SSSR count). The van der Waals surface area contributed by atoms with E-state index in [2.05, 4.69) is 125 Å². The smallest absolute Gasteiger partial charge is 0.364 e. The van der Waals surface area contributed by atoms with Crippen molar-refractivity contribution in [3.05, 3.63) is 176 Å². The van der Waals surface area contributed by atoms with Gasteiger partial charge in [0, 0.05) is 33.4 Å². The minimum Gasteiger partial charge on any atom is -0.364 e. The van der Waals surface area contributed by atoms with Gasteiger partial charge >= 0.3 is 6.98 Å². The van der Waals surface area contributed by atoms with Crippen molar-refractivity contribution in [2.75, 3.05) is 9.62 Å². The first kappa shape index (κ1) is 29.1. The molecule has 220 valence electrons. The van der Waals surface area contributed by atoms with E-state index in [-0.39, 0.29) is 6.98 Å². The minimum absolute atomic E-state index is 0.0114. The summed E-state index contributed by atoms with van der Waals surface area (Å²) in [5, 5.41) is 1.66. The predicted molar refractivity (Wildman–Crippen MR) is 198 cm³/mol. The van der Waals surface area contributed by atoms with Crippen molar-refractivity contribution in [2.45, 2.75) is 6.32 Å². The van der Waals surface area contributed by atoms with E-state index in [1.807, 2.05) is 54.6 Å². The number of aromatic nitrogens is 2. The van der Waals surface area contributed by atoms with E-state index in [0.717, 1.165) is 45.8 Å². The van der Waals surface area contributed by atoms with Crippen molar-refractivity contribution < 1.29 is 0 Å². The van der Waals surface area contributed by atoms with E-state index in [1.54, 1.807) is 5.37 Å². The Labute approximate surface area is 276 Å². The highest BCUT2D eigenvalue weighted by Gasteiger charge is 2.41. The van der Waals surface area contributed by atoms with E-state index < -0.39 is 0 Å². The van der Waals surface area contributed by atoms with Gasteiger partial charge in [-0.2, -0.15) is 0 Å². The number of benzene rings is 5. The van der Waals surface area contributed by atoms with Crippen molar-refractivity contribution in [1.82, 2.24) is 9.97 Å². The van der Waals surface area contributed by atoms with Gasteiger partial charge in [0.25, 0.3) is 0 Å². The molecule has 0 bridgehead atoms. The normalized spacial score (nSPS) is 12.9. The number of hydrogen-bond donors (Lipinski definition) is 0. The van der Waals surface area contributed by atoms with Crippen LogP contribution in [0.4, 0.5) is 22.7 Å². The third kappa shape index (κ3) is 6.03. The Bertz CT molecular complexity index is 1870. The van der Waals surface area contributed by atoms with Gasteiger partial charge in [-0.1, -0.05) is 134 Å². The number of rotatable bonds is 9. The van der Waals surface area contributed by atoms with Crippen molar-refractivity contribution >= 4 is 52.9 Å². The summed E-state index contributed by atoms with van der Waals surface area (Å²) < 4.78 is 0. The van der Waals surface area contributed by atoms with Crippen LogP contribution in [0.15, 0.2) is 170 Å². The molecule has 0 unspecified atom stereocenters.